The van der Waals surface area contributed by atoms with Gasteiger partial charge in [-0.25, -0.2) is 13.1 Å². The van der Waals surface area contributed by atoms with E-state index in [4.69, 9.17) is 4.74 Å². The highest BCUT2D eigenvalue weighted by atomic mass is 32.2. The van der Waals surface area contributed by atoms with Crippen molar-refractivity contribution in [1.82, 2.24) is 19.8 Å². The zero-order valence-electron chi connectivity index (χ0n) is 12.6. The lowest BCUT2D eigenvalue weighted by Crippen LogP contribution is -2.38. The summed E-state index contributed by atoms with van der Waals surface area (Å²) in [5.74, 6) is 0. The zero-order valence-corrected chi connectivity index (χ0v) is 13.4. The quantitative estimate of drug-likeness (QED) is 0.676. The molecule has 0 aliphatic carbocycles. The van der Waals surface area contributed by atoms with Crippen LogP contribution in [0.3, 0.4) is 0 Å². The molecule has 1 aliphatic heterocycles. The average Bonchev–Trinajstić information content (AvgIpc) is 3.05. The number of nitrogens with zero attached hydrogens (tertiary/aromatic N) is 2. The fraction of sp³-hybridized carbons (Fsp3) is 0.769. The minimum atomic E-state index is -3.52. The third kappa shape index (κ3) is 4.50. The molecule has 1 fully saturated rings. The van der Waals surface area contributed by atoms with Crippen LogP contribution < -0.4 is 10.0 Å². The first kappa shape index (κ1) is 16.4. The lowest BCUT2D eigenvalue weighted by Gasteiger charge is -2.15. The molecule has 1 aliphatic rings. The highest BCUT2D eigenvalue weighted by Gasteiger charge is 2.29. The fourth-order valence-corrected chi connectivity index (χ4v) is 3.59. The van der Waals surface area contributed by atoms with Crippen LogP contribution in [0.15, 0.2) is 17.3 Å². The van der Waals surface area contributed by atoms with Crippen molar-refractivity contribution in [2.75, 3.05) is 19.7 Å². The molecule has 2 atom stereocenters. The molecule has 21 heavy (non-hydrogen) atoms. The van der Waals surface area contributed by atoms with Crippen molar-refractivity contribution in [1.29, 1.82) is 0 Å². The summed E-state index contributed by atoms with van der Waals surface area (Å²) in [4.78, 5) is 0.213. The second-order valence-corrected chi connectivity index (χ2v) is 6.95. The molecule has 2 unspecified atom stereocenters. The van der Waals surface area contributed by atoms with Crippen LogP contribution in [0.2, 0.25) is 0 Å². The molecule has 1 aromatic heterocycles. The number of aromatic nitrogens is 2. The van der Waals surface area contributed by atoms with E-state index >= 15 is 0 Å². The highest BCUT2D eigenvalue weighted by molar-refractivity contribution is 7.89. The van der Waals surface area contributed by atoms with Crippen LogP contribution in [0.25, 0.3) is 0 Å². The smallest absolute Gasteiger partial charge is 0.244 e. The van der Waals surface area contributed by atoms with Gasteiger partial charge in [-0.3, -0.25) is 4.68 Å². The average molecular weight is 316 g/mol. The second-order valence-electron chi connectivity index (χ2n) is 5.24. The minimum Gasteiger partial charge on any atom is -0.377 e. The molecule has 2 heterocycles. The van der Waals surface area contributed by atoms with Gasteiger partial charge in [0.1, 0.15) is 4.90 Å². The van der Waals surface area contributed by atoms with Gasteiger partial charge in [0.2, 0.25) is 10.0 Å². The summed E-state index contributed by atoms with van der Waals surface area (Å²) >= 11 is 0. The standard InChI is InChI=1S/C13H24N4O3S/c1-3-14-6-4-7-17-10-12(9-15-17)21(18,19)16-13-5-8-20-11(13)2/h9-11,13-14,16H,3-8H2,1-2H3. The number of nitrogens with one attached hydrogen (secondary N) is 2. The molecule has 1 aromatic rings. The van der Waals surface area contributed by atoms with Gasteiger partial charge in [0.15, 0.2) is 0 Å². The van der Waals surface area contributed by atoms with E-state index in [2.05, 4.69) is 22.1 Å². The number of aryl methyl sites for hydroxylation is 1. The van der Waals surface area contributed by atoms with Gasteiger partial charge in [-0.15, -0.1) is 0 Å². The summed E-state index contributed by atoms with van der Waals surface area (Å²) in [6.07, 6.45) is 4.51. The Morgan fingerprint density at radius 3 is 3.00 bits per heavy atom. The van der Waals surface area contributed by atoms with Crippen LogP contribution in [-0.4, -0.2) is 50.0 Å². The highest BCUT2D eigenvalue weighted by Crippen LogP contribution is 2.16. The van der Waals surface area contributed by atoms with Crippen molar-refractivity contribution in [3.8, 4) is 0 Å². The Morgan fingerprint density at radius 2 is 2.33 bits per heavy atom. The number of hydrogen-bond donors (Lipinski definition) is 2. The Balaban J connectivity index is 1.92. The summed E-state index contributed by atoms with van der Waals surface area (Å²) in [7, 11) is -3.52. The first-order valence-corrected chi connectivity index (χ1v) is 8.88. The minimum absolute atomic E-state index is 0.0880. The molecule has 7 nitrogen and oxygen atoms in total. The second kappa shape index (κ2) is 7.35. The third-order valence-corrected chi connectivity index (χ3v) is 5.04. The maximum atomic E-state index is 12.3. The van der Waals surface area contributed by atoms with E-state index in [0.29, 0.717) is 19.6 Å². The molecule has 0 spiro atoms. The normalized spacial score (nSPS) is 22.8. The Bertz CT molecular complexity index is 543. The van der Waals surface area contributed by atoms with E-state index in [1.165, 1.54) is 6.20 Å². The van der Waals surface area contributed by atoms with Gasteiger partial charge in [0.05, 0.1) is 18.3 Å². The Morgan fingerprint density at radius 1 is 1.52 bits per heavy atom. The van der Waals surface area contributed by atoms with E-state index in [1.807, 2.05) is 6.92 Å². The summed E-state index contributed by atoms with van der Waals surface area (Å²) < 4.78 is 34.3. The predicted octanol–water partition coefficient (Wildman–Crippen LogP) is 0.338. The number of ether oxygens (including phenoxy) is 1. The topological polar surface area (TPSA) is 85.2 Å². The molecule has 0 bridgehead atoms. The lowest BCUT2D eigenvalue weighted by molar-refractivity contribution is 0.117. The Labute approximate surface area is 126 Å². The monoisotopic (exact) mass is 316 g/mol. The summed E-state index contributed by atoms with van der Waals surface area (Å²) in [6, 6.07) is -0.160. The van der Waals surface area contributed by atoms with Crippen LogP contribution in [0, 0.1) is 0 Å². The Hall–Kier alpha value is -0.960. The SMILES string of the molecule is CCNCCCn1cc(S(=O)(=O)NC2CCOC2C)cn1. The molecule has 2 N–H and O–H groups in total. The van der Waals surface area contributed by atoms with Crippen molar-refractivity contribution >= 4 is 10.0 Å². The molecule has 0 radical (unpaired) electrons. The van der Waals surface area contributed by atoms with Crippen LogP contribution in [0.5, 0.6) is 0 Å². The molecule has 0 aromatic carbocycles. The first-order valence-electron chi connectivity index (χ1n) is 7.40. The number of hydrogen-bond acceptors (Lipinski definition) is 5. The zero-order chi connectivity index (χ0) is 15.3. The fourth-order valence-electron chi connectivity index (χ4n) is 2.30. The maximum Gasteiger partial charge on any atom is 0.244 e. The summed E-state index contributed by atoms with van der Waals surface area (Å²) in [5.41, 5.74) is 0. The maximum absolute atomic E-state index is 12.3. The van der Waals surface area contributed by atoms with Crippen molar-refractivity contribution in [2.24, 2.45) is 0 Å². The van der Waals surface area contributed by atoms with Crippen LogP contribution in [0.1, 0.15) is 26.7 Å². The van der Waals surface area contributed by atoms with E-state index < -0.39 is 10.0 Å². The molecule has 0 saturated carbocycles. The lowest BCUT2D eigenvalue weighted by atomic mass is 10.2. The molecule has 2 rings (SSSR count). The van der Waals surface area contributed by atoms with Crippen molar-refractivity contribution in [3.05, 3.63) is 12.4 Å². The van der Waals surface area contributed by atoms with E-state index in [0.717, 1.165) is 19.5 Å². The van der Waals surface area contributed by atoms with Gasteiger partial charge in [-0.1, -0.05) is 6.92 Å². The largest absolute Gasteiger partial charge is 0.377 e. The molecule has 120 valence electrons. The van der Waals surface area contributed by atoms with Gasteiger partial charge in [-0.2, -0.15) is 5.10 Å². The van der Waals surface area contributed by atoms with Gasteiger partial charge in [0.25, 0.3) is 0 Å². The van der Waals surface area contributed by atoms with Crippen molar-refractivity contribution in [2.45, 2.75) is 50.3 Å². The van der Waals surface area contributed by atoms with Gasteiger partial charge in [-0.05, 0) is 32.9 Å². The van der Waals surface area contributed by atoms with Gasteiger partial charge < -0.3 is 10.1 Å². The molecular weight excluding hydrogens is 292 g/mol. The molecular formula is C13H24N4O3S. The Kier molecular flexibility index (Phi) is 5.74. The number of rotatable bonds is 8. The number of sulfonamides is 1. The van der Waals surface area contributed by atoms with Gasteiger partial charge in [0, 0.05) is 19.3 Å². The van der Waals surface area contributed by atoms with E-state index in [-0.39, 0.29) is 17.0 Å². The molecule has 0 amide bonds. The summed E-state index contributed by atoms with van der Waals surface area (Å²) in [6.45, 7) is 7.06. The predicted molar refractivity (Wildman–Crippen MR) is 79.5 cm³/mol. The van der Waals surface area contributed by atoms with E-state index in [9.17, 15) is 8.42 Å². The first-order chi connectivity index (χ1) is 10.0. The molecule has 1 saturated heterocycles. The van der Waals surface area contributed by atoms with Crippen molar-refractivity contribution < 1.29 is 13.2 Å². The van der Waals surface area contributed by atoms with E-state index in [1.54, 1.807) is 10.9 Å². The van der Waals surface area contributed by atoms with Crippen LogP contribution >= 0.6 is 0 Å². The third-order valence-electron chi connectivity index (χ3n) is 3.59. The van der Waals surface area contributed by atoms with Crippen LogP contribution in [0.4, 0.5) is 0 Å². The molecule has 8 heteroatoms. The van der Waals surface area contributed by atoms with Crippen molar-refractivity contribution in [3.63, 3.8) is 0 Å². The van der Waals surface area contributed by atoms with Crippen LogP contribution in [-0.2, 0) is 21.3 Å². The van der Waals surface area contributed by atoms with Gasteiger partial charge >= 0.3 is 0 Å². The summed E-state index contributed by atoms with van der Waals surface area (Å²) in [5, 5.41) is 7.34.